The van der Waals surface area contributed by atoms with E-state index in [-0.39, 0.29) is 23.9 Å². The number of hydrogen-bond donors (Lipinski definition) is 1. The van der Waals surface area contributed by atoms with E-state index in [0.29, 0.717) is 50.8 Å². The average molecular weight is 420 g/mol. The fourth-order valence-corrected chi connectivity index (χ4v) is 5.23. The van der Waals surface area contributed by atoms with Gasteiger partial charge in [0.2, 0.25) is 5.91 Å². The molecular formula is C21H23F3N4O2. The molecule has 2 N–H and O–H groups in total. The summed E-state index contributed by atoms with van der Waals surface area (Å²) in [6.07, 6.45) is 3.74. The number of likely N-dealkylation sites (tertiary alicyclic amines) is 1. The molecule has 0 unspecified atom stereocenters. The zero-order valence-corrected chi connectivity index (χ0v) is 16.4. The summed E-state index contributed by atoms with van der Waals surface area (Å²) in [5.41, 5.74) is 5.79. The largest absolute Gasteiger partial charge is 0.333 e. The molecule has 2 amide bonds. The Hall–Kier alpha value is -2.60. The minimum absolute atomic E-state index is 0.159. The normalized spacial score (nSPS) is 29.0. The van der Waals surface area contributed by atoms with Gasteiger partial charge in [0.25, 0.3) is 5.91 Å². The third kappa shape index (κ3) is 3.43. The summed E-state index contributed by atoms with van der Waals surface area (Å²) in [5.74, 6) is -4.77. The van der Waals surface area contributed by atoms with Crippen molar-refractivity contribution < 1.29 is 22.8 Å². The molecule has 0 spiro atoms. The van der Waals surface area contributed by atoms with E-state index in [0.717, 1.165) is 6.42 Å². The molecule has 1 aromatic carbocycles. The molecule has 0 aromatic heterocycles. The summed E-state index contributed by atoms with van der Waals surface area (Å²) in [7, 11) is 0. The van der Waals surface area contributed by atoms with Gasteiger partial charge in [0.15, 0.2) is 11.6 Å². The molecule has 0 aliphatic carbocycles. The predicted octanol–water partition coefficient (Wildman–Crippen LogP) is 2.33. The lowest BCUT2D eigenvalue weighted by molar-refractivity contribution is -0.134. The standard InChI is InChI=1S/C21H23F3N4O2/c22-16-9-18(24)17(23)8-15(16)20(29)28-12-3-4-13(28)7-11(6-12)19(26)21(30)27-5-1-2-14(27)10-25/h8-9,11-14,19H,1-7,26H2/t12-,13-,14-,19-/m0/s1. The number of amides is 2. The number of benzene rings is 1. The molecule has 1 aromatic rings. The first kappa shape index (κ1) is 20.7. The van der Waals surface area contributed by atoms with Gasteiger partial charge in [-0.3, -0.25) is 9.59 Å². The van der Waals surface area contributed by atoms with Crippen LogP contribution in [0.3, 0.4) is 0 Å². The first-order valence-corrected chi connectivity index (χ1v) is 10.2. The zero-order valence-electron chi connectivity index (χ0n) is 16.4. The fourth-order valence-electron chi connectivity index (χ4n) is 5.23. The van der Waals surface area contributed by atoms with Gasteiger partial charge in [0, 0.05) is 24.7 Å². The van der Waals surface area contributed by atoms with Crippen molar-refractivity contribution in [2.75, 3.05) is 6.54 Å². The Kier molecular flexibility index (Phi) is 5.45. The van der Waals surface area contributed by atoms with Crippen LogP contribution in [0.5, 0.6) is 0 Å². The molecule has 3 aliphatic rings. The van der Waals surface area contributed by atoms with Crippen LogP contribution in [0.4, 0.5) is 13.2 Å². The van der Waals surface area contributed by atoms with E-state index in [4.69, 9.17) is 5.73 Å². The maximum Gasteiger partial charge on any atom is 0.257 e. The summed E-state index contributed by atoms with van der Waals surface area (Å²) in [4.78, 5) is 28.8. The second-order valence-corrected chi connectivity index (χ2v) is 8.42. The number of nitrogens with zero attached hydrogens (tertiary/aromatic N) is 3. The number of nitriles is 1. The van der Waals surface area contributed by atoms with Crippen molar-refractivity contribution in [3.63, 3.8) is 0 Å². The number of carbonyl (C=O) groups excluding carboxylic acids is 2. The molecule has 4 atom stereocenters. The molecule has 30 heavy (non-hydrogen) atoms. The van der Waals surface area contributed by atoms with Crippen molar-refractivity contribution in [1.29, 1.82) is 5.26 Å². The summed E-state index contributed by atoms with van der Waals surface area (Å²) in [5, 5.41) is 9.23. The molecule has 3 heterocycles. The topological polar surface area (TPSA) is 90.4 Å². The summed E-state index contributed by atoms with van der Waals surface area (Å²) >= 11 is 0. The van der Waals surface area contributed by atoms with E-state index >= 15 is 0 Å². The number of nitrogens with two attached hydrogens (primary N) is 1. The van der Waals surface area contributed by atoms with Gasteiger partial charge in [-0.25, -0.2) is 13.2 Å². The van der Waals surface area contributed by atoms with Crippen molar-refractivity contribution in [1.82, 2.24) is 9.80 Å². The highest BCUT2D eigenvalue weighted by molar-refractivity contribution is 5.95. The molecule has 3 saturated heterocycles. The smallest absolute Gasteiger partial charge is 0.257 e. The number of rotatable bonds is 3. The SMILES string of the molecule is N#C[C@@H]1CCCN1C(=O)[C@@H](N)C1C[C@@H]2CC[C@@H](C1)N2C(=O)c1cc(F)c(F)cc1F. The molecule has 3 aliphatic heterocycles. The second-order valence-electron chi connectivity index (χ2n) is 8.42. The predicted molar refractivity (Wildman–Crippen MR) is 100 cm³/mol. The molecule has 4 rings (SSSR count). The fraction of sp³-hybridized carbons (Fsp3) is 0.571. The maximum absolute atomic E-state index is 14.1. The minimum Gasteiger partial charge on any atom is -0.333 e. The summed E-state index contributed by atoms with van der Waals surface area (Å²) in [6.45, 7) is 0.518. The van der Waals surface area contributed by atoms with Crippen LogP contribution >= 0.6 is 0 Å². The minimum atomic E-state index is -1.34. The maximum atomic E-state index is 14.1. The highest BCUT2D eigenvalue weighted by Gasteiger charge is 2.47. The molecule has 0 radical (unpaired) electrons. The lowest BCUT2D eigenvalue weighted by atomic mass is 9.84. The van der Waals surface area contributed by atoms with Crippen LogP contribution < -0.4 is 5.73 Å². The third-order valence-corrected chi connectivity index (χ3v) is 6.72. The van der Waals surface area contributed by atoms with Crippen molar-refractivity contribution in [2.45, 2.75) is 62.7 Å². The third-order valence-electron chi connectivity index (χ3n) is 6.72. The highest BCUT2D eigenvalue weighted by Crippen LogP contribution is 2.41. The van der Waals surface area contributed by atoms with Gasteiger partial charge in [0.05, 0.1) is 17.7 Å². The summed E-state index contributed by atoms with van der Waals surface area (Å²) < 4.78 is 40.9. The lowest BCUT2D eigenvalue weighted by Crippen LogP contribution is -2.55. The van der Waals surface area contributed by atoms with Gasteiger partial charge < -0.3 is 15.5 Å². The van der Waals surface area contributed by atoms with Crippen LogP contribution in [0.15, 0.2) is 12.1 Å². The van der Waals surface area contributed by atoms with Crippen molar-refractivity contribution in [3.05, 3.63) is 35.1 Å². The Morgan fingerprint density at radius 2 is 1.70 bits per heavy atom. The number of halogens is 3. The number of fused-ring (bicyclic) bond motifs is 2. The van der Waals surface area contributed by atoms with Gasteiger partial charge in [0.1, 0.15) is 11.9 Å². The zero-order chi connectivity index (χ0) is 21.6. The molecule has 3 fully saturated rings. The van der Waals surface area contributed by atoms with E-state index in [1.165, 1.54) is 4.90 Å². The van der Waals surface area contributed by atoms with Gasteiger partial charge in [-0.05, 0) is 50.5 Å². The molecule has 9 heteroatoms. The molecule has 2 bridgehead atoms. The summed E-state index contributed by atoms with van der Waals surface area (Å²) in [6, 6.07) is 1.44. The van der Waals surface area contributed by atoms with E-state index in [1.807, 2.05) is 0 Å². The Bertz CT molecular complexity index is 904. The van der Waals surface area contributed by atoms with Crippen molar-refractivity contribution >= 4 is 11.8 Å². The average Bonchev–Trinajstić information content (AvgIpc) is 3.30. The molecular weight excluding hydrogens is 397 g/mol. The van der Waals surface area contributed by atoms with Crippen LogP contribution in [-0.2, 0) is 4.79 Å². The van der Waals surface area contributed by atoms with Gasteiger partial charge in [-0.1, -0.05) is 0 Å². The monoisotopic (exact) mass is 420 g/mol. The first-order valence-electron chi connectivity index (χ1n) is 10.2. The van der Waals surface area contributed by atoms with Gasteiger partial charge in [-0.2, -0.15) is 5.26 Å². The second kappa shape index (κ2) is 7.91. The number of hydrogen-bond acceptors (Lipinski definition) is 4. The number of carbonyl (C=O) groups is 2. The van der Waals surface area contributed by atoms with Gasteiger partial charge in [-0.15, -0.1) is 0 Å². The Morgan fingerprint density at radius 3 is 2.33 bits per heavy atom. The van der Waals surface area contributed by atoms with Crippen molar-refractivity contribution in [2.24, 2.45) is 11.7 Å². The van der Waals surface area contributed by atoms with E-state index in [1.54, 1.807) is 4.90 Å². The van der Waals surface area contributed by atoms with Crippen LogP contribution in [0, 0.1) is 34.7 Å². The van der Waals surface area contributed by atoms with E-state index in [2.05, 4.69) is 6.07 Å². The Morgan fingerprint density at radius 1 is 1.07 bits per heavy atom. The van der Waals surface area contributed by atoms with E-state index < -0.39 is 41.0 Å². The quantitative estimate of drug-likeness (QED) is 0.760. The molecule has 6 nitrogen and oxygen atoms in total. The first-order chi connectivity index (χ1) is 14.3. The van der Waals surface area contributed by atoms with Crippen LogP contribution in [0.1, 0.15) is 48.9 Å². The Labute approximate surface area is 172 Å². The van der Waals surface area contributed by atoms with E-state index in [9.17, 15) is 28.0 Å². The molecule has 0 saturated carbocycles. The highest BCUT2D eigenvalue weighted by atomic mass is 19.2. The van der Waals surface area contributed by atoms with Crippen LogP contribution in [-0.4, -0.2) is 52.3 Å². The molecule has 160 valence electrons. The van der Waals surface area contributed by atoms with Crippen LogP contribution in [0.2, 0.25) is 0 Å². The number of piperidine rings is 1. The van der Waals surface area contributed by atoms with Crippen molar-refractivity contribution in [3.8, 4) is 6.07 Å². The van der Waals surface area contributed by atoms with Crippen LogP contribution in [0.25, 0.3) is 0 Å². The Balaban J connectivity index is 1.48. The lowest BCUT2D eigenvalue weighted by Gasteiger charge is -2.41. The van der Waals surface area contributed by atoms with Gasteiger partial charge >= 0.3 is 0 Å².